The van der Waals surface area contributed by atoms with Crippen molar-refractivity contribution in [1.29, 1.82) is 0 Å². The minimum Gasteiger partial charge on any atom is -0.365 e. The van der Waals surface area contributed by atoms with Crippen LogP contribution in [0.1, 0.15) is 24.1 Å². The van der Waals surface area contributed by atoms with Crippen LogP contribution < -0.4 is 10.2 Å². The Labute approximate surface area is 212 Å². The summed E-state index contributed by atoms with van der Waals surface area (Å²) < 4.78 is 107. The van der Waals surface area contributed by atoms with Crippen LogP contribution in [-0.4, -0.2) is 64.7 Å². The average Bonchev–Trinajstić information content (AvgIpc) is 2.80. The van der Waals surface area contributed by atoms with E-state index in [1.165, 1.54) is 18.3 Å². The minimum atomic E-state index is -4.70. The van der Waals surface area contributed by atoms with Gasteiger partial charge in [-0.05, 0) is 31.0 Å². The number of hydrogen-bond donors (Lipinski definition) is 2. The van der Waals surface area contributed by atoms with E-state index in [0.717, 1.165) is 6.20 Å². The van der Waals surface area contributed by atoms with Gasteiger partial charge in [-0.25, -0.2) is 4.98 Å². The summed E-state index contributed by atoms with van der Waals surface area (Å²) in [5.41, 5.74) is -0.755. The van der Waals surface area contributed by atoms with Gasteiger partial charge in [-0.3, -0.25) is 14.3 Å². The molecule has 0 radical (unpaired) electrons. The summed E-state index contributed by atoms with van der Waals surface area (Å²) in [5.74, 6) is 0.477. The lowest BCUT2D eigenvalue weighted by Gasteiger charge is -2.32. The number of alkyl halides is 6. The summed E-state index contributed by atoms with van der Waals surface area (Å²) in [6, 6.07) is 6.04. The first-order valence-corrected chi connectivity index (χ1v) is 12.7. The van der Waals surface area contributed by atoms with E-state index in [1.807, 2.05) is 0 Å². The van der Waals surface area contributed by atoms with Gasteiger partial charge in [0.2, 0.25) is 5.95 Å². The molecule has 1 saturated heterocycles. The van der Waals surface area contributed by atoms with Crippen molar-refractivity contribution in [2.45, 2.75) is 38.0 Å². The number of nitrogens with one attached hydrogen (secondary N) is 1. The molecule has 0 aliphatic carbocycles. The zero-order valence-electron chi connectivity index (χ0n) is 19.7. The molecule has 0 unspecified atom stereocenters. The van der Waals surface area contributed by atoms with Gasteiger partial charge >= 0.3 is 12.5 Å². The van der Waals surface area contributed by atoms with Gasteiger partial charge in [0.1, 0.15) is 11.5 Å². The fraction of sp³-hybridized carbons (Fsp3) is 0.429. The van der Waals surface area contributed by atoms with Crippen LogP contribution in [0.15, 0.2) is 36.7 Å². The Kier molecular flexibility index (Phi) is 8.94. The van der Waals surface area contributed by atoms with Crippen LogP contribution in [0.4, 0.5) is 38.1 Å². The molecule has 3 aromatic heterocycles. The smallest absolute Gasteiger partial charge is 0.365 e. The van der Waals surface area contributed by atoms with Crippen molar-refractivity contribution in [1.82, 2.24) is 19.9 Å². The predicted octanol–water partition coefficient (Wildman–Crippen LogP) is 4.06. The number of pyridine rings is 2. The van der Waals surface area contributed by atoms with Crippen molar-refractivity contribution >= 4 is 32.9 Å². The van der Waals surface area contributed by atoms with Crippen LogP contribution in [0.3, 0.4) is 0 Å². The van der Waals surface area contributed by atoms with E-state index in [9.17, 15) is 34.8 Å². The fourth-order valence-electron chi connectivity index (χ4n) is 3.61. The van der Waals surface area contributed by atoms with Crippen molar-refractivity contribution in [3.05, 3.63) is 47.9 Å². The van der Waals surface area contributed by atoms with Crippen molar-refractivity contribution in [2.24, 2.45) is 0 Å². The number of halogens is 6. The Morgan fingerprint density at radius 3 is 2.26 bits per heavy atom. The van der Waals surface area contributed by atoms with Gasteiger partial charge in [0.25, 0.3) is 10.1 Å². The Balaban J connectivity index is 0.000000732. The molecule has 0 bridgehead atoms. The number of rotatable bonds is 5. The van der Waals surface area contributed by atoms with E-state index < -0.39 is 34.5 Å². The van der Waals surface area contributed by atoms with E-state index in [0.29, 0.717) is 17.3 Å². The Hall–Kier alpha value is -3.31. The Bertz CT molecular complexity index is 1340. The second-order valence-corrected chi connectivity index (χ2v) is 9.56. The largest absolute Gasteiger partial charge is 0.522 e. The second kappa shape index (κ2) is 11.6. The summed E-state index contributed by atoms with van der Waals surface area (Å²) >= 11 is 0. The molecule has 4 rings (SSSR count). The number of anilines is 2. The highest BCUT2D eigenvalue weighted by Gasteiger charge is 2.36. The minimum absolute atomic E-state index is 0.0627. The van der Waals surface area contributed by atoms with Gasteiger partial charge in [0.15, 0.2) is 5.65 Å². The van der Waals surface area contributed by atoms with Gasteiger partial charge in [0.05, 0.1) is 17.7 Å². The van der Waals surface area contributed by atoms with Crippen LogP contribution in [0.25, 0.3) is 11.0 Å². The quantitative estimate of drug-likeness (QED) is 0.343. The summed E-state index contributed by atoms with van der Waals surface area (Å²) in [4.78, 5) is 18.1. The molecule has 0 atom stereocenters. The first-order chi connectivity index (χ1) is 17.6. The maximum atomic E-state index is 13.3. The zero-order chi connectivity index (χ0) is 28.1. The molecule has 38 heavy (non-hydrogen) atoms. The fourth-order valence-corrected chi connectivity index (χ4v) is 3.61. The molecular formula is C21H22F6N6O4S. The third-order valence-corrected chi connectivity index (χ3v) is 5.09. The first-order valence-electron chi connectivity index (χ1n) is 10.9. The number of aromatic nitrogens is 4. The van der Waals surface area contributed by atoms with Crippen molar-refractivity contribution in [2.75, 3.05) is 29.6 Å². The van der Waals surface area contributed by atoms with E-state index in [4.69, 9.17) is 4.55 Å². The van der Waals surface area contributed by atoms with Crippen LogP contribution in [0.2, 0.25) is 0 Å². The summed E-state index contributed by atoms with van der Waals surface area (Å²) in [5, 5.41) is 3.40. The number of piperidine rings is 1. The lowest BCUT2D eigenvalue weighted by Crippen LogP contribution is -2.40. The van der Waals surface area contributed by atoms with Crippen LogP contribution in [0.5, 0.6) is 0 Å². The molecule has 0 aromatic carbocycles. The number of hydrogen-bond acceptors (Lipinski definition) is 9. The molecule has 10 nitrogen and oxygen atoms in total. The number of nitrogens with zero attached hydrogens (tertiary/aromatic N) is 5. The zero-order valence-corrected chi connectivity index (χ0v) is 20.5. The van der Waals surface area contributed by atoms with Crippen molar-refractivity contribution in [3.63, 3.8) is 0 Å². The highest BCUT2D eigenvalue weighted by molar-refractivity contribution is 7.85. The third-order valence-electron chi connectivity index (χ3n) is 5.09. The topological polar surface area (TPSA) is 130 Å². The highest BCUT2D eigenvalue weighted by atomic mass is 32.2. The molecule has 17 heteroatoms. The molecule has 0 amide bonds. The standard InChI is InChI=1S/C20H18F6N6O.CH4O3S/c21-19(22,23)15-12(3-1-7-27-15)11-29-17-14-4-2-8-28-16(14)30-18(31-17)32-9-5-13(6-10-32)33-20(24,25)26;1-5(2,3)4/h1-4,7-8,13H,5-6,9-11H2,(H,28,29,30,31);1H3,(H,2,3,4). The normalized spacial score (nSPS) is 15.2. The first kappa shape index (κ1) is 29.2. The second-order valence-electron chi connectivity index (χ2n) is 8.09. The van der Waals surface area contributed by atoms with E-state index >= 15 is 0 Å². The lowest BCUT2D eigenvalue weighted by atomic mass is 10.1. The van der Waals surface area contributed by atoms with Crippen LogP contribution in [0, 0.1) is 0 Å². The van der Waals surface area contributed by atoms with E-state index in [-0.39, 0.29) is 49.8 Å². The maximum absolute atomic E-state index is 13.3. The van der Waals surface area contributed by atoms with E-state index in [2.05, 4.69) is 30.0 Å². The molecule has 2 N–H and O–H groups in total. The molecule has 3 aromatic rings. The van der Waals surface area contributed by atoms with Gasteiger partial charge in [-0.1, -0.05) is 6.07 Å². The average molecular weight is 568 g/mol. The predicted molar refractivity (Wildman–Crippen MR) is 124 cm³/mol. The van der Waals surface area contributed by atoms with Crippen molar-refractivity contribution < 1.29 is 44.0 Å². The molecule has 1 aliphatic heterocycles. The monoisotopic (exact) mass is 568 g/mol. The Morgan fingerprint density at radius 1 is 1.05 bits per heavy atom. The molecule has 0 saturated carbocycles. The SMILES string of the molecule is CS(=O)(=O)O.FC(F)(F)OC1CCN(c2nc(NCc3cccnc3C(F)(F)F)c3cccnc3n2)CC1. The summed E-state index contributed by atoms with van der Waals surface area (Å²) in [7, 11) is -3.67. The number of fused-ring (bicyclic) bond motifs is 1. The highest BCUT2D eigenvalue weighted by Crippen LogP contribution is 2.31. The molecule has 208 valence electrons. The van der Waals surface area contributed by atoms with Gasteiger partial charge in [-0.15, -0.1) is 13.2 Å². The lowest BCUT2D eigenvalue weighted by molar-refractivity contribution is -0.344. The van der Waals surface area contributed by atoms with Gasteiger partial charge in [-0.2, -0.15) is 31.6 Å². The maximum Gasteiger partial charge on any atom is 0.522 e. The summed E-state index contributed by atoms with van der Waals surface area (Å²) in [6.07, 6.45) is -6.73. The molecule has 1 aliphatic rings. The van der Waals surface area contributed by atoms with Crippen LogP contribution >= 0.6 is 0 Å². The van der Waals surface area contributed by atoms with E-state index in [1.54, 1.807) is 17.0 Å². The molecule has 4 heterocycles. The third kappa shape index (κ3) is 8.91. The molecular weight excluding hydrogens is 546 g/mol. The van der Waals surface area contributed by atoms with Crippen LogP contribution in [-0.2, 0) is 27.6 Å². The Morgan fingerprint density at radius 2 is 1.66 bits per heavy atom. The molecule has 1 fully saturated rings. The summed E-state index contributed by atoms with van der Waals surface area (Å²) in [6.45, 7) is 0.239. The van der Waals surface area contributed by atoms with Crippen molar-refractivity contribution in [3.8, 4) is 0 Å². The molecule has 0 spiro atoms. The van der Waals surface area contributed by atoms with Gasteiger partial charge in [0, 0.05) is 37.6 Å². The number of ether oxygens (including phenoxy) is 1. The van der Waals surface area contributed by atoms with Gasteiger partial charge < -0.3 is 10.2 Å².